The zero-order valence-corrected chi connectivity index (χ0v) is 16.5. The highest BCUT2D eigenvalue weighted by Crippen LogP contribution is 2.34. The topological polar surface area (TPSA) is 85.9 Å². The van der Waals surface area contributed by atoms with Crippen molar-refractivity contribution in [2.75, 3.05) is 13.7 Å². The van der Waals surface area contributed by atoms with Crippen LogP contribution < -0.4 is 20.1 Å². The van der Waals surface area contributed by atoms with Crippen molar-refractivity contribution >= 4 is 12.0 Å². The van der Waals surface area contributed by atoms with Gasteiger partial charge >= 0.3 is 12.0 Å². The fourth-order valence-corrected chi connectivity index (χ4v) is 2.80. The Morgan fingerprint density at radius 1 is 1.26 bits per heavy atom. The summed E-state index contributed by atoms with van der Waals surface area (Å²) < 4.78 is 16.5. The average Bonchev–Trinajstić information content (AvgIpc) is 2.60. The molecule has 27 heavy (non-hydrogen) atoms. The summed E-state index contributed by atoms with van der Waals surface area (Å²) in [7, 11) is 1.56. The summed E-state index contributed by atoms with van der Waals surface area (Å²) in [5.74, 6) is 0.704. The van der Waals surface area contributed by atoms with Gasteiger partial charge in [-0.25, -0.2) is 9.59 Å². The second-order valence-electron chi connectivity index (χ2n) is 6.64. The molecule has 1 atom stereocenters. The zero-order chi connectivity index (χ0) is 20.0. The average molecular weight is 376 g/mol. The van der Waals surface area contributed by atoms with Crippen molar-refractivity contribution in [2.24, 2.45) is 0 Å². The van der Waals surface area contributed by atoms with Gasteiger partial charge in [0, 0.05) is 5.70 Å². The molecule has 0 radical (unpaired) electrons. The third kappa shape index (κ3) is 5.15. The van der Waals surface area contributed by atoms with Crippen LogP contribution in [-0.4, -0.2) is 31.8 Å². The molecule has 0 bridgehead atoms. The summed E-state index contributed by atoms with van der Waals surface area (Å²) >= 11 is 0. The zero-order valence-electron chi connectivity index (χ0n) is 16.5. The van der Waals surface area contributed by atoms with Crippen molar-refractivity contribution < 1.29 is 23.8 Å². The Morgan fingerprint density at radius 2 is 2.00 bits per heavy atom. The Hall–Kier alpha value is -2.70. The van der Waals surface area contributed by atoms with Gasteiger partial charge < -0.3 is 24.8 Å². The number of amides is 2. The van der Waals surface area contributed by atoms with Gasteiger partial charge in [-0.1, -0.05) is 19.4 Å². The first-order valence-electron chi connectivity index (χ1n) is 9.17. The van der Waals surface area contributed by atoms with Crippen molar-refractivity contribution in [1.82, 2.24) is 10.6 Å². The number of carbonyl (C=O) groups is 2. The molecule has 0 saturated carbocycles. The quantitative estimate of drug-likeness (QED) is 0.536. The molecular formula is C20H28N2O5. The lowest BCUT2D eigenvalue weighted by molar-refractivity contribution is -0.143. The first-order valence-corrected chi connectivity index (χ1v) is 9.17. The largest absolute Gasteiger partial charge is 0.493 e. The predicted octanol–water partition coefficient (Wildman–Crippen LogP) is 3.45. The van der Waals surface area contributed by atoms with Crippen LogP contribution in [0.2, 0.25) is 0 Å². The SMILES string of the molecule is CCCCOc1ccc([C@H]2NC(=O)NC(C)=C2C(=O)OC(C)C)cc1OC. The molecule has 1 aromatic rings. The number of carbonyl (C=O) groups excluding carboxylic acids is 2. The molecule has 1 aromatic carbocycles. The Balaban J connectivity index is 2.36. The number of hydrogen-bond donors (Lipinski definition) is 2. The van der Waals surface area contributed by atoms with Crippen LogP contribution in [0.5, 0.6) is 11.5 Å². The monoisotopic (exact) mass is 376 g/mol. The van der Waals surface area contributed by atoms with E-state index in [1.807, 2.05) is 6.07 Å². The molecular weight excluding hydrogens is 348 g/mol. The second-order valence-corrected chi connectivity index (χ2v) is 6.64. The number of esters is 1. The minimum Gasteiger partial charge on any atom is -0.493 e. The van der Waals surface area contributed by atoms with Gasteiger partial charge in [0.25, 0.3) is 0 Å². The van der Waals surface area contributed by atoms with Crippen LogP contribution in [0.15, 0.2) is 29.5 Å². The van der Waals surface area contributed by atoms with Gasteiger partial charge in [0.15, 0.2) is 11.5 Å². The highest BCUT2D eigenvalue weighted by molar-refractivity contribution is 5.95. The van der Waals surface area contributed by atoms with E-state index in [9.17, 15) is 9.59 Å². The van der Waals surface area contributed by atoms with Gasteiger partial charge in [-0.2, -0.15) is 0 Å². The van der Waals surface area contributed by atoms with Crippen molar-refractivity contribution in [3.05, 3.63) is 35.0 Å². The van der Waals surface area contributed by atoms with Crippen LogP contribution in [0.1, 0.15) is 52.1 Å². The molecule has 7 heteroatoms. The maximum absolute atomic E-state index is 12.6. The van der Waals surface area contributed by atoms with E-state index >= 15 is 0 Å². The lowest BCUT2D eigenvalue weighted by Gasteiger charge is -2.29. The van der Waals surface area contributed by atoms with E-state index in [2.05, 4.69) is 17.6 Å². The van der Waals surface area contributed by atoms with Crippen LogP contribution in [0, 0.1) is 0 Å². The molecule has 2 rings (SSSR count). The minimum atomic E-state index is -0.636. The van der Waals surface area contributed by atoms with E-state index in [0.29, 0.717) is 34.9 Å². The Bertz CT molecular complexity index is 727. The van der Waals surface area contributed by atoms with Crippen molar-refractivity contribution in [3.63, 3.8) is 0 Å². The van der Waals surface area contributed by atoms with Crippen LogP contribution in [-0.2, 0) is 9.53 Å². The van der Waals surface area contributed by atoms with E-state index < -0.39 is 12.0 Å². The molecule has 0 unspecified atom stereocenters. The Labute approximate surface area is 160 Å². The predicted molar refractivity (Wildman–Crippen MR) is 102 cm³/mol. The maximum atomic E-state index is 12.6. The summed E-state index contributed by atoms with van der Waals surface area (Å²) in [4.78, 5) is 24.6. The lowest BCUT2D eigenvalue weighted by atomic mass is 9.95. The van der Waals surface area contributed by atoms with E-state index in [1.165, 1.54) is 0 Å². The first kappa shape index (κ1) is 20.6. The van der Waals surface area contributed by atoms with E-state index in [1.54, 1.807) is 40.0 Å². The molecule has 1 aliphatic heterocycles. The third-order valence-electron chi connectivity index (χ3n) is 4.11. The molecule has 148 valence electrons. The van der Waals surface area contributed by atoms with Gasteiger partial charge in [0.2, 0.25) is 0 Å². The van der Waals surface area contributed by atoms with Crippen molar-refractivity contribution in [3.8, 4) is 11.5 Å². The van der Waals surface area contributed by atoms with Crippen molar-refractivity contribution in [2.45, 2.75) is 52.7 Å². The Morgan fingerprint density at radius 3 is 2.63 bits per heavy atom. The van der Waals surface area contributed by atoms with Crippen molar-refractivity contribution in [1.29, 1.82) is 0 Å². The number of nitrogens with one attached hydrogen (secondary N) is 2. The summed E-state index contributed by atoms with van der Waals surface area (Å²) in [5, 5.41) is 5.42. The molecule has 0 aliphatic carbocycles. The lowest BCUT2D eigenvalue weighted by Crippen LogP contribution is -2.45. The molecule has 0 saturated heterocycles. The number of allylic oxidation sites excluding steroid dienone is 1. The van der Waals surface area contributed by atoms with Crippen LogP contribution in [0.25, 0.3) is 0 Å². The summed E-state index contributed by atoms with van der Waals surface area (Å²) in [6, 6.07) is 4.37. The number of hydrogen-bond acceptors (Lipinski definition) is 5. The number of methoxy groups -OCH3 is 1. The number of ether oxygens (including phenoxy) is 3. The van der Waals surface area contributed by atoms with Crippen LogP contribution >= 0.6 is 0 Å². The number of benzene rings is 1. The highest BCUT2D eigenvalue weighted by atomic mass is 16.5. The summed E-state index contributed by atoms with van der Waals surface area (Å²) in [5.41, 5.74) is 1.54. The molecule has 0 fully saturated rings. The van der Waals surface area contributed by atoms with Gasteiger partial charge in [-0.3, -0.25) is 0 Å². The van der Waals surface area contributed by atoms with Gasteiger partial charge in [-0.15, -0.1) is 0 Å². The molecule has 7 nitrogen and oxygen atoms in total. The molecule has 2 N–H and O–H groups in total. The molecule has 2 amide bonds. The fraction of sp³-hybridized carbons (Fsp3) is 0.500. The standard InChI is InChI=1S/C20H28N2O5/c1-6-7-10-26-15-9-8-14(11-16(15)25-5)18-17(19(23)27-12(2)3)13(4)21-20(24)22-18/h8-9,11-12,18H,6-7,10H2,1-5H3,(H2,21,22,24)/t18-/m1/s1. The van der Waals surface area contributed by atoms with E-state index in [4.69, 9.17) is 14.2 Å². The second kappa shape index (κ2) is 9.30. The van der Waals surface area contributed by atoms with Gasteiger partial charge in [-0.05, 0) is 44.9 Å². The minimum absolute atomic E-state index is 0.264. The number of unbranched alkanes of at least 4 members (excludes halogenated alkanes) is 1. The van der Waals surface area contributed by atoms with Crippen LogP contribution in [0.3, 0.4) is 0 Å². The van der Waals surface area contributed by atoms with Gasteiger partial charge in [0.05, 0.1) is 31.4 Å². The summed E-state index contributed by atoms with van der Waals surface area (Å²) in [6.07, 6.45) is 1.72. The van der Waals surface area contributed by atoms with Crippen LogP contribution in [0.4, 0.5) is 4.79 Å². The third-order valence-corrected chi connectivity index (χ3v) is 4.11. The Kier molecular flexibility index (Phi) is 7.10. The van der Waals surface area contributed by atoms with Gasteiger partial charge in [0.1, 0.15) is 0 Å². The fourth-order valence-electron chi connectivity index (χ4n) is 2.80. The maximum Gasteiger partial charge on any atom is 0.338 e. The molecule has 0 spiro atoms. The van der Waals surface area contributed by atoms with E-state index in [-0.39, 0.29) is 12.1 Å². The molecule has 0 aromatic heterocycles. The van der Waals surface area contributed by atoms with E-state index in [0.717, 1.165) is 12.8 Å². The normalized spacial score (nSPS) is 16.7. The smallest absolute Gasteiger partial charge is 0.338 e. The number of urea groups is 1. The molecule has 1 heterocycles. The summed E-state index contributed by atoms with van der Waals surface area (Å²) in [6.45, 7) is 7.94. The highest BCUT2D eigenvalue weighted by Gasteiger charge is 2.33. The molecule has 1 aliphatic rings. The number of rotatable bonds is 8. The first-order chi connectivity index (χ1) is 12.9.